The van der Waals surface area contributed by atoms with Crippen LogP contribution in [0.2, 0.25) is 0 Å². The molecule has 0 saturated heterocycles. The molecule has 0 bridgehead atoms. The molecule has 118 valence electrons. The molecule has 0 heterocycles. The second-order valence-corrected chi connectivity index (χ2v) is 7.27. The molecule has 0 aliphatic heterocycles. The zero-order valence-electron chi connectivity index (χ0n) is 12.4. The molecular formula is C15H23FN2O2S. The van der Waals surface area contributed by atoms with Gasteiger partial charge < -0.3 is 5.32 Å². The first kappa shape index (κ1) is 16.4. The molecule has 0 spiro atoms. The van der Waals surface area contributed by atoms with Gasteiger partial charge in [-0.2, -0.15) is 0 Å². The van der Waals surface area contributed by atoms with Gasteiger partial charge in [-0.3, -0.25) is 0 Å². The van der Waals surface area contributed by atoms with Crippen molar-refractivity contribution in [2.75, 3.05) is 13.1 Å². The third-order valence-electron chi connectivity index (χ3n) is 3.92. The average molecular weight is 314 g/mol. The maximum absolute atomic E-state index is 13.4. The van der Waals surface area contributed by atoms with Gasteiger partial charge in [0.05, 0.1) is 4.90 Å². The van der Waals surface area contributed by atoms with E-state index in [-0.39, 0.29) is 4.90 Å². The lowest BCUT2D eigenvalue weighted by Crippen LogP contribution is -2.30. The SMILES string of the molecule is CCNCc1ccc(F)cc1S(=O)(=O)NCC1CCCC1. The summed E-state index contributed by atoms with van der Waals surface area (Å²) in [5.74, 6) is -0.123. The first-order chi connectivity index (χ1) is 10.0. The fourth-order valence-electron chi connectivity index (χ4n) is 2.70. The van der Waals surface area contributed by atoms with E-state index < -0.39 is 15.8 Å². The summed E-state index contributed by atoms with van der Waals surface area (Å²) in [5, 5.41) is 3.08. The van der Waals surface area contributed by atoms with Crippen molar-refractivity contribution in [3.8, 4) is 0 Å². The summed E-state index contributed by atoms with van der Waals surface area (Å²) in [7, 11) is -3.66. The Balaban J connectivity index is 2.14. The van der Waals surface area contributed by atoms with E-state index in [4.69, 9.17) is 0 Å². The van der Waals surface area contributed by atoms with Crippen LogP contribution >= 0.6 is 0 Å². The Morgan fingerprint density at radius 2 is 2.00 bits per heavy atom. The summed E-state index contributed by atoms with van der Waals surface area (Å²) in [6.07, 6.45) is 4.46. The number of hydrogen-bond donors (Lipinski definition) is 2. The highest BCUT2D eigenvalue weighted by Crippen LogP contribution is 2.25. The molecule has 0 amide bonds. The van der Waals surface area contributed by atoms with Crippen molar-refractivity contribution in [3.05, 3.63) is 29.6 Å². The molecular weight excluding hydrogens is 291 g/mol. The van der Waals surface area contributed by atoms with Gasteiger partial charge in [-0.15, -0.1) is 0 Å². The number of sulfonamides is 1. The van der Waals surface area contributed by atoms with Crippen LogP contribution in [0.15, 0.2) is 23.1 Å². The van der Waals surface area contributed by atoms with Crippen LogP contribution in [0.1, 0.15) is 38.2 Å². The van der Waals surface area contributed by atoms with E-state index in [9.17, 15) is 12.8 Å². The zero-order chi connectivity index (χ0) is 15.3. The molecule has 0 radical (unpaired) electrons. The molecule has 1 saturated carbocycles. The van der Waals surface area contributed by atoms with Gasteiger partial charge in [0.15, 0.2) is 0 Å². The van der Waals surface area contributed by atoms with E-state index in [1.165, 1.54) is 12.1 Å². The molecule has 1 aromatic carbocycles. The van der Waals surface area contributed by atoms with E-state index in [0.717, 1.165) is 38.3 Å². The molecule has 1 fully saturated rings. The Morgan fingerprint density at radius 1 is 1.29 bits per heavy atom. The lowest BCUT2D eigenvalue weighted by molar-refractivity contribution is 0.518. The van der Waals surface area contributed by atoms with E-state index in [1.54, 1.807) is 0 Å². The summed E-state index contributed by atoms with van der Waals surface area (Å²) < 4.78 is 40.9. The van der Waals surface area contributed by atoms with E-state index in [2.05, 4.69) is 10.0 Å². The van der Waals surface area contributed by atoms with Crippen LogP contribution in [0, 0.1) is 11.7 Å². The number of benzene rings is 1. The van der Waals surface area contributed by atoms with E-state index in [1.807, 2.05) is 6.92 Å². The summed E-state index contributed by atoms with van der Waals surface area (Å²) in [5.41, 5.74) is 0.595. The molecule has 0 atom stereocenters. The first-order valence-electron chi connectivity index (χ1n) is 7.51. The highest BCUT2D eigenvalue weighted by Gasteiger charge is 2.22. The Morgan fingerprint density at radius 3 is 2.67 bits per heavy atom. The Labute approximate surface area is 126 Å². The Kier molecular flexibility index (Phi) is 5.72. The second-order valence-electron chi connectivity index (χ2n) is 5.53. The summed E-state index contributed by atoms with van der Waals surface area (Å²) in [4.78, 5) is 0.0430. The Bertz CT molecular complexity index is 569. The number of nitrogens with one attached hydrogen (secondary N) is 2. The predicted molar refractivity (Wildman–Crippen MR) is 80.9 cm³/mol. The van der Waals surface area contributed by atoms with Crippen molar-refractivity contribution in [1.82, 2.24) is 10.0 Å². The summed E-state index contributed by atoms with van der Waals surface area (Å²) >= 11 is 0. The van der Waals surface area contributed by atoms with Gasteiger partial charge in [-0.25, -0.2) is 17.5 Å². The predicted octanol–water partition coefficient (Wildman–Crippen LogP) is 2.40. The van der Waals surface area contributed by atoms with E-state index in [0.29, 0.717) is 24.6 Å². The normalized spacial score (nSPS) is 16.5. The highest BCUT2D eigenvalue weighted by molar-refractivity contribution is 7.89. The lowest BCUT2D eigenvalue weighted by atomic mass is 10.1. The van der Waals surface area contributed by atoms with Gasteiger partial charge in [0, 0.05) is 13.1 Å². The number of hydrogen-bond acceptors (Lipinski definition) is 3. The van der Waals surface area contributed by atoms with Crippen LogP contribution in [-0.4, -0.2) is 21.5 Å². The van der Waals surface area contributed by atoms with Crippen molar-refractivity contribution in [3.63, 3.8) is 0 Å². The molecule has 1 aliphatic rings. The van der Waals surface area contributed by atoms with Gasteiger partial charge in [0.1, 0.15) is 5.82 Å². The summed E-state index contributed by atoms with van der Waals surface area (Å²) in [6.45, 7) is 3.53. The largest absolute Gasteiger partial charge is 0.313 e. The first-order valence-corrected chi connectivity index (χ1v) is 9.00. The molecule has 1 aliphatic carbocycles. The van der Waals surface area contributed by atoms with Crippen LogP contribution in [-0.2, 0) is 16.6 Å². The maximum Gasteiger partial charge on any atom is 0.241 e. The fourth-order valence-corrected chi connectivity index (χ4v) is 4.07. The molecule has 0 aromatic heterocycles. The van der Waals surface area contributed by atoms with Crippen molar-refractivity contribution in [2.24, 2.45) is 5.92 Å². The number of halogens is 1. The van der Waals surface area contributed by atoms with Gasteiger partial charge in [-0.05, 0) is 43.0 Å². The quantitative estimate of drug-likeness (QED) is 0.812. The smallest absolute Gasteiger partial charge is 0.241 e. The summed E-state index contributed by atoms with van der Waals surface area (Å²) in [6, 6.07) is 3.93. The second kappa shape index (κ2) is 7.33. The number of rotatable bonds is 7. The minimum absolute atomic E-state index is 0.0430. The minimum Gasteiger partial charge on any atom is -0.313 e. The monoisotopic (exact) mass is 314 g/mol. The van der Waals surface area contributed by atoms with Crippen LogP contribution in [0.25, 0.3) is 0 Å². The van der Waals surface area contributed by atoms with Gasteiger partial charge in [-0.1, -0.05) is 25.8 Å². The topological polar surface area (TPSA) is 58.2 Å². The third-order valence-corrected chi connectivity index (χ3v) is 5.43. The highest BCUT2D eigenvalue weighted by atomic mass is 32.2. The maximum atomic E-state index is 13.4. The van der Waals surface area contributed by atoms with Crippen LogP contribution < -0.4 is 10.0 Å². The Hall–Kier alpha value is -0.980. The van der Waals surface area contributed by atoms with Gasteiger partial charge in [0.25, 0.3) is 0 Å². The fraction of sp³-hybridized carbons (Fsp3) is 0.600. The average Bonchev–Trinajstić information content (AvgIpc) is 2.97. The van der Waals surface area contributed by atoms with Crippen LogP contribution in [0.3, 0.4) is 0 Å². The van der Waals surface area contributed by atoms with Crippen LogP contribution in [0.4, 0.5) is 4.39 Å². The van der Waals surface area contributed by atoms with Crippen molar-refractivity contribution >= 4 is 10.0 Å². The molecule has 21 heavy (non-hydrogen) atoms. The molecule has 4 nitrogen and oxygen atoms in total. The van der Waals surface area contributed by atoms with E-state index >= 15 is 0 Å². The lowest BCUT2D eigenvalue weighted by Gasteiger charge is -2.14. The molecule has 0 unspecified atom stereocenters. The molecule has 1 aromatic rings. The van der Waals surface area contributed by atoms with Crippen molar-refractivity contribution in [2.45, 2.75) is 44.0 Å². The standard InChI is InChI=1S/C15H23FN2O2S/c1-2-17-11-13-7-8-14(16)9-15(13)21(19,20)18-10-12-5-3-4-6-12/h7-9,12,17-18H,2-6,10-11H2,1H3. The van der Waals surface area contributed by atoms with Gasteiger partial charge in [0.2, 0.25) is 10.0 Å². The molecule has 6 heteroatoms. The molecule has 2 rings (SSSR count). The van der Waals surface area contributed by atoms with Crippen LogP contribution in [0.5, 0.6) is 0 Å². The third kappa shape index (κ3) is 4.49. The van der Waals surface area contributed by atoms with Gasteiger partial charge >= 0.3 is 0 Å². The van der Waals surface area contributed by atoms with Crippen molar-refractivity contribution in [1.29, 1.82) is 0 Å². The molecule has 2 N–H and O–H groups in total. The minimum atomic E-state index is -3.66. The van der Waals surface area contributed by atoms with Crippen molar-refractivity contribution < 1.29 is 12.8 Å². The zero-order valence-corrected chi connectivity index (χ0v) is 13.2.